The first-order chi connectivity index (χ1) is 9.86. The number of amides is 1. The molecule has 5 nitrogen and oxygen atoms in total. The highest BCUT2D eigenvalue weighted by Crippen LogP contribution is 2.22. The maximum Gasteiger partial charge on any atom is 0.284 e. The van der Waals surface area contributed by atoms with Gasteiger partial charge in [-0.1, -0.05) is 0 Å². The van der Waals surface area contributed by atoms with Crippen molar-refractivity contribution in [3.05, 3.63) is 23.4 Å². The van der Waals surface area contributed by atoms with Crippen LogP contribution in [0.3, 0.4) is 0 Å². The van der Waals surface area contributed by atoms with Crippen molar-refractivity contribution in [2.45, 2.75) is 19.5 Å². The molecule has 0 bridgehead atoms. The Hall–Kier alpha value is -2.12. The van der Waals surface area contributed by atoms with Crippen LogP contribution in [0.1, 0.15) is 15.9 Å². The van der Waals surface area contributed by atoms with Crippen LogP contribution in [-0.2, 0) is 0 Å². The first-order valence-electron chi connectivity index (χ1n) is 6.08. The van der Waals surface area contributed by atoms with Crippen molar-refractivity contribution in [1.29, 1.82) is 0 Å². The van der Waals surface area contributed by atoms with Gasteiger partial charge in [0.2, 0.25) is 5.88 Å². The van der Waals surface area contributed by atoms with Gasteiger partial charge < -0.3 is 9.64 Å². The lowest BCUT2D eigenvalue weighted by Crippen LogP contribution is -2.28. The van der Waals surface area contributed by atoms with E-state index in [2.05, 4.69) is 9.98 Å². The van der Waals surface area contributed by atoms with Crippen LogP contribution in [0.4, 0.5) is 13.2 Å². The van der Waals surface area contributed by atoms with Crippen LogP contribution in [0, 0.1) is 6.92 Å². The number of carbonyl (C=O) groups is 1. The van der Waals surface area contributed by atoms with E-state index in [9.17, 15) is 18.0 Å². The molecular weight excluding hydrogens is 287 g/mol. The predicted molar refractivity (Wildman–Crippen MR) is 71.9 cm³/mol. The summed E-state index contributed by atoms with van der Waals surface area (Å²) >= 11 is 0. The number of nitrogens with zero attached hydrogens (tertiary/aromatic N) is 3. The quantitative estimate of drug-likeness (QED) is 0.596. The van der Waals surface area contributed by atoms with Gasteiger partial charge in [0.05, 0.1) is 6.34 Å². The summed E-state index contributed by atoms with van der Waals surface area (Å²) in [5.41, 5.74) is 0.391. The topological polar surface area (TPSA) is 54.8 Å². The van der Waals surface area contributed by atoms with Crippen LogP contribution >= 0.6 is 0 Å². The molecule has 0 aromatic carbocycles. The largest absolute Gasteiger partial charge is 0.465 e. The highest BCUT2D eigenvalue weighted by atomic mass is 19.3. The SMILES string of the molecule is Cc1ccnc(OC(CF)C(F)F)c1C(=O)N=CN(C)C. The number of aliphatic imine (C=N–C) groups is 1. The monoisotopic (exact) mass is 303 g/mol. The zero-order valence-electron chi connectivity index (χ0n) is 11.9. The zero-order valence-corrected chi connectivity index (χ0v) is 11.9. The van der Waals surface area contributed by atoms with Crippen LogP contribution in [0.25, 0.3) is 0 Å². The molecule has 1 aromatic rings. The third-order valence-corrected chi connectivity index (χ3v) is 2.44. The van der Waals surface area contributed by atoms with Gasteiger partial charge in [0.15, 0.2) is 6.10 Å². The lowest BCUT2D eigenvalue weighted by Gasteiger charge is -2.16. The summed E-state index contributed by atoms with van der Waals surface area (Å²) < 4.78 is 42.5. The molecule has 1 amide bonds. The zero-order chi connectivity index (χ0) is 16.0. The lowest BCUT2D eigenvalue weighted by molar-refractivity contribution is -0.00396. The number of hydrogen-bond donors (Lipinski definition) is 0. The molecule has 1 atom stereocenters. The van der Waals surface area contributed by atoms with Crippen LogP contribution in [0.5, 0.6) is 5.88 Å². The van der Waals surface area contributed by atoms with Gasteiger partial charge >= 0.3 is 0 Å². The van der Waals surface area contributed by atoms with E-state index in [-0.39, 0.29) is 11.4 Å². The second kappa shape index (κ2) is 7.61. The van der Waals surface area contributed by atoms with Crippen LogP contribution < -0.4 is 4.74 Å². The highest BCUT2D eigenvalue weighted by Gasteiger charge is 2.26. The highest BCUT2D eigenvalue weighted by molar-refractivity contribution is 6.01. The minimum atomic E-state index is -3.02. The van der Waals surface area contributed by atoms with Crippen molar-refractivity contribution in [3.63, 3.8) is 0 Å². The number of carbonyl (C=O) groups excluding carboxylic acids is 1. The summed E-state index contributed by atoms with van der Waals surface area (Å²) in [6.45, 7) is 0.196. The Morgan fingerprint density at radius 3 is 2.71 bits per heavy atom. The van der Waals surface area contributed by atoms with Crippen molar-refractivity contribution in [2.75, 3.05) is 20.8 Å². The standard InChI is InChI=1S/C13H16F3N3O2/c1-8-4-5-17-13(21-9(6-14)11(15)16)10(8)12(20)18-7-19(2)3/h4-5,7,9,11H,6H2,1-3H3. The molecule has 0 saturated carbocycles. The summed E-state index contributed by atoms with van der Waals surface area (Å²) in [6.07, 6.45) is -2.44. The Kier molecular flexibility index (Phi) is 6.13. The summed E-state index contributed by atoms with van der Waals surface area (Å²) in [6, 6.07) is 1.51. The van der Waals surface area contributed by atoms with E-state index >= 15 is 0 Å². The van der Waals surface area contributed by atoms with E-state index in [4.69, 9.17) is 4.74 Å². The van der Waals surface area contributed by atoms with E-state index in [0.29, 0.717) is 5.56 Å². The van der Waals surface area contributed by atoms with Gasteiger partial charge in [0.1, 0.15) is 12.2 Å². The smallest absolute Gasteiger partial charge is 0.284 e. The van der Waals surface area contributed by atoms with E-state index in [0.717, 1.165) is 0 Å². The average Bonchev–Trinajstić information content (AvgIpc) is 2.41. The first kappa shape index (κ1) is 16.9. The molecule has 0 fully saturated rings. The van der Waals surface area contributed by atoms with E-state index < -0.39 is 25.1 Å². The van der Waals surface area contributed by atoms with Gasteiger partial charge in [-0.2, -0.15) is 4.99 Å². The molecule has 0 N–H and O–H groups in total. The van der Waals surface area contributed by atoms with Crippen LogP contribution in [0.2, 0.25) is 0 Å². The molecule has 21 heavy (non-hydrogen) atoms. The second-order valence-electron chi connectivity index (χ2n) is 4.47. The van der Waals surface area contributed by atoms with Crippen LogP contribution in [0.15, 0.2) is 17.3 Å². The number of pyridine rings is 1. The Labute approximate surface area is 120 Å². The van der Waals surface area contributed by atoms with Gasteiger partial charge in [0, 0.05) is 20.3 Å². The molecule has 1 unspecified atom stereocenters. The maximum atomic E-state index is 12.6. The van der Waals surface area contributed by atoms with Crippen molar-refractivity contribution in [3.8, 4) is 5.88 Å². The van der Waals surface area contributed by atoms with E-state index in [1.807, 2.05) is 0 Å². The molecule has 116 valence electrons. The molecule has 0 aliphatic heterocycles. The van der Waals surface area contributed by atoms with Gasteiger partial charge in [-0.15, -0.1) is 0 Å². The third-order valence-electron chi connectivity index (χ3n) is 2.44. The predicted octanol–water partition coefficient (Wildman–Crippen LogP) is 2.10. The molecule has 0 aliphatic rings. The molecule has 1 aromatic heterocycles. The summed E-state index contributed by atoms with van der Waals surface area (Å²) in [5.74, 6) is -1.05. The molecule has 8 heteroatoms. The molecule has 0 radical (unpaired) electrons. The first-order valence-corrected chi connectivity index (χ1v) is 6.08. The Morgan fingerprint density at radius 1 is 1.52 bits per heavy atom. The summed E-state index contributed by atoms with van der Waals surface area (Å²) in [5, 5.41) is 0. The third kappa shape index (κ3) is 4.73. The Balaban J connectivity index is 3.11. The fraction of sp³-hybridized carbons (Fsp3) is 0.462. The van der Waals surface area contributed by atoms with E-state index in [1.54, 1.807) is 21.0 Å². The van der Waals surface area contributed by atoms with Crippen molar-refractivity contribution < 1.29 is 22.7 Å². The van der Waals surface area contributed by atoms with Crippen molar-refractivity contribution in [2.24, 2.45) is 4.99 Å². The Morgan fingerprint density at radius 2 is 2.19 bits per heavy atom. The van der Waals surface area contributed by atoms with Gasteiger partial charge in [-0.3, -0.25) is 4.79 Å². The molecule has 0 aliphatic carbocycles. The van der Waals surface area contributed by atoms with Gasteiger partial charge in [-0.25, -0.2) is 18.2 Å². The number of aromatic nitrogens is 1. The number of aryl methyl sites for hydroxylation is 1. The number of halogens is 3. The Bertz CT molecular complexity index is 521. The molecule has 1 heterocycles. The summed E-state index contributed by atoms with van der Waals surface area (Å²) in [7, 11) is 3.33. The minimum Gasteiger partial charge on any atom is -0.465 e. The van der Waals surface area contributed by atoms with Gasteiger partial charge in [-0.05, 0) is 18.6 Å². The van der Waals surface area contributed by atoms with Gasteiger partial charge in [0.25, 0.3) is 12.3 Å². The van der Waals surface area contributed by atoms with E-state index in [1.165, 1.54) is 23.5 Å². The molecule has 1 rings (SSSR count). The minimum absolute atomic E-state index is 0.0605. The number of rotatable bonds is 6. The van der Waals surface area contributed by atoms with Crippen molar-refractivity contribution in [1.82, 2.24) is 9.88 Å². The lowest BCUT2D eigenvalue weighted by atomic mass is 10.1. The van der Waals surface area contributed by atoms with Crippen molar-refractivity contribution >= 4 is 12.2 Å². The van der Waals surface area contributed by atoms with Crippen LogP contribution in [-0.4, -0.2) is 55.4 Å². The number of hydrogen-bond acceptors (Lipinski definition) is 3. The summed E-state index contributed by atoms with van der Waals surface area (Å²) in [4.78, 5) is 20.9. The molecular formula is C13H16F3N3O2. The fourth-order valence-corrected chi connectivity index (χ4v) is 1.41. The number of ether oxygens (including phenoxy) is 1. The molecule has 0 saturated heterocycles. The average molecular weight is 303 g/mol. The maximum absolute atomic E-state index is 12.6. The molecule has 0 spiro atoms. The normalized spacial score (nSPS) is 12.7. The second-order valence-corrected chi connectivity index (χ2v) is 4.47. The number of alkyl halides is 3. The fourth-order valence-electron chi connectivity index (χ4n) is 1.41.